The molecule has 2 N–H and O–H groups in total. The molecule has 10 heteroatoms. The summed E-state index contributed by atoms with van der Waals surface area (Å²) >= 11 is 6.46. The maximum absolute atomic E-state index is 13.9. The lowest BCUT2D eigenvalue weighted by Gasteiger charge is -2.24. The minimum Gasteiger partial charge on any atom is -0.491 e. The van der Waals surface area contributed by atoms with Crippen LogP contribution in [-0.4, -0.2) is 51.7 Å². The van der Waals surface area contributed by atoms with Crippen LogP contribution in [0.3, 0.4) is 0 Å². The number of likely N-dealkylation sites (tertiary alicyclic amines) is 1. The predicted octanol–water partition coefficient (Wildman–Crippen LogP) is 5.11. The van der Waals surface area contributed by atoms with Crippen molar-refractivity contribution in [2.45, 2.75) is 25.5 Å². The lowest BCUT2D eigenvalue weighted by Crippen LogP contribution is -2.40. The average Bonchev–Trinajstić information content (AvgIpc) is 3.40. The number of aliphatic hydroxyl groups is 1. The Morgan fingerprint density at radius 1 is 1.11 bits per heavy atom. The highest BCUT2D eigenvalue weighted by Gasteiger charge is 2.29. The quantitative estimate of drug-likeness (QED) is 0.307. The highest BCUT2D eigenvalue weighted by Crippen LogP contribution is 2.34. The second-order valence-corrected chi connectivity index (χ2v) is 9.28. The molecule has 0 saturated carbocycles. The number of halogens is 2. The lowest BCUT2D eigenvalue weighted by atomic mass is 10.2. The molecule has 1 atom stereocenters. The third kappa shape index (κ3) is 5.64. The van der Waals surface area contributed by atoms with Crippen LogP contribution >= 0.6 is 11.6 Å². The average molecular weight is 537 g/mol. The topological polar surface area (TPSA) is 96.8 Å². The van der Waals surface area contributed by atoms with Crippen LogP contribution in [0, 0.1) is 5.82 Å². The normalized spacial score (nSPS) is 15.0. The first kappa shape index (κ1) is 25.7. The van der Waals surface area contributed by atoms with E-state index in [0.29, 0.717) is 57.6 Å². The van der Waals surface area contributed by atoms with E-state index in [1.165, 1.54) is 12.4 Å². The summed E-state index contributed by atoms with van der Waals surface area (Å²) in [5.74, 6) is 0.894. The van der Waals surface area contributed by atoms with E-state index in [4.69, 9.17) is 21.1 Å². The van der Waals surface area contributed by atoms with E-state index in [0.717, 1.165) is 12.8 Å². The van der Waals surface area contributed by atoms with E-state index in [9.17, 15) is 14.3 Å². The van der Waals surface area contributed by atoms with E-state index < -0.39 is 6.61 Å². The number of amides is 1. The van der Waals surface area contributed by atoms with Crippen LogP contribution in [0.4, 0.5) is 15.9 Å². The number of aliphatic hydroxyl groups excluding tert-OH is 1. The summed E-state index contributed by atoms with van der Waals surface area (Å²) in [7, 11) is 0. The number of aromatic nitrogens is 2. The summed E-state index contributed by atoms with van der Waals surface area (Å²) < 4.78 is 25.8. The highest BCUT2D eigenvalue weighted by atomic mass is 35.5. The third-order valence-corrected chi connectivity index (χ3v) is 6.72. The fourth-order valence-corrected chi connectivity index (χ4v) is 4.75. The van der Waals surface area contributed by atoms with Gasteiger partial charge in [-0.15, -0.1) is 0 Å². The van der Waals surface area contributed by atoms with Gasteiger partial charge in [0.05, 0.1) is 22.0 Å². The maximum atomic E-state index is 13.9. The summed E-state index contributed by atoms with van der Waals surface area (Å²) in [6.07, 6.45) is 3.13. The molecular weight excluding hydrogens is 511 g/mol. The molecule has 1 aromatic heterocycles. The molecule has 0 spiro atoms. The Bertz CT molecular complexity index is 1450. The van der Waals surface area contributed by atoms with Gasteiger partial charge >= 0.3 is 0 Å². The maximum Gasteiger partial charge on any atom is 0.248 e. The molecule has 196 valence electrons. The number of carbonyl (C=O) groups excluding carboxylic acids is 1. The molecule has 0 radical (unpaired) electrons. The second-order valence-electron chi connectivity index (χ2n) is 8.88. The van der Waals surface area contributed by atoms with Crippen LogP contribution < -0.4 is 14.8 Å². The van der Waals surface area contributed by atoms with Gasteiger partial charge in [0.15, 0.2) is 0 Å². The zero-order valence-corrected chi connectivity index (χ0v) is 21.2. The number of rotatable bonds is 9. The number of fused-ring (bicyclic) bond motifs is 1. The summed E-state index contributed by atoms with van der Waals surface area (Å²) in [6, 6.07) is 17.0. The minimum absolute atomic E-state index is 0.0543. The van der Waals surface area contributed by atoms with Gasteiger partial charge < -0.3 is 24.8 Å². The van der Waals surface area contributed by atoms with Crippen molar-refractivity contribution in [3.63, 3.8) is 0 Å². The molecule has 8 nitrogen and oxygen atoms in total. The third-order valence-electron chi connectivity index (χ3n) is 6.42. The number of carbonyl (C=O) groups is 1. The first-order chi connectivity index (χ1) is 18.5. The van der Waals surface area contributed by atoms with E-state index in [-0.39, 0.29) is 24.4 Å². The Morgan fingerprint density at radius 2 is 1.97 bits per heavy atom. The monoisotopic (exact) mass is 536 g/mol. The van der Waals surface area contributed by atoms with Crippen LogP contribution in [0.1, 0.15) is 18.4 Å². The van der Waals surface area contributed by atoms with Crippen molar-refractivity contribution >= 4 is 39.9 Å². The van der Waals surface area contributed by atoms with Crippen LogP contribution in [-0.2, 0) is 11.4 Å². The molecule has 1 fully saturated rings. The van der Waals surface area contributed by atoms with Crippen molar-refractivity contribution in [3.05, 3.63) is 83.4 Å². The van der Waals surface area contributed by atoms with E-state index in [1.807, 2.05) is 18.2 Å². The Hall–Kier alpha value is -3.95. The predicted molar refractivity (Wildman–Crippen MR) is 142 cm³/mol. The molecule has 1 amide bonds. The van der Waals surface area contributed by atoms with Gasteiger partial charge in [0, 0.05) is 17.8 Å². The standard InChI is InChI=1S/C28H26ClFN4O4/c29-21-13-19(10-11-24(21)37-15-18-5-1-2-7-22(18)30)33-28-27-23(31-17-32-28)8-3-9-25(27)38-16-20-6-4-12-34(20)26(36)14-35/h1-3,5,7-11,13,17,20,35H,4,6,12,14-16H2,(H,31,32,33)/t20-/m0/s1. The summed E-state index contributed by atoms with van der Waals surface area (Å²) in [4.78, 5) is 22.5. The smallest absolute Gasteiger partial charge is 0.248 e. The number of anilines is 2. The van der Waals surface area contributed by atoms with Gasteiger partial charge in [0.25, 0.3) is 0 Å². The van der Waals surface area contributed by atoms with Gasteiger partial charge in [0.2, 0.25) is 5.91 Å². The number of ether oxygens (including phenoxy) is 2. The van der Waals surface area contributed by atoms with Gasteiger partial charge in [0.1, 0.15) is 49.3 Å². The largest absolute Gasteiger partial charge is 0.491 e. The molecule has 3 aromatic carbocycles. The zero-order valence-electron chi connectivity index (χ0n) is 20.4. The zero-order chi connectivity index (χ0) is 26.5. The van der Waals surface area contributed by atoms with Crippen molar-refractivity contribution in [3.8, 4) is 11.5 Å². The molecule has 1 aliphatic heterocycles. The molecule has 1 saturated heterocycles. The van der Waals surface area contributed by atoms with Crippen LogP contribution in [0.25, 0.3) is 10.9 Å². The van der Waals surface area contributed by atoms with E-state index in [1.54, 1.807) is 41.3 Å². The van der Waals surface area contributed by atoms with Crippen molar-refractivity contribution < 1.29 is 23.8 Å². The fraction of sp³-hybridized carbons (Fsp3) is 0.250. The molecule has 1 aliphatic rings. The number of nitrogens with one attached hydrogen (secondary N) is 1. The Morgan fingerprint density at radius 3 is 2.79 bits per heavy atom. The van der Waals surface area contributed by atoms with Crippen molar-refractivity contribution in [1.82, 2.24) is 14.9 Å². The molecule has 4 aromatic rings. The van der Waals surface area contributed by atoms with E-state index in [2.05, 4.69) is 15.3 Å². The number of hydrogen-bond acceptors (Lipinski definition) is 7. The van der Waals surface area contributed by atoms with Crippen LogP contribution in [0.2, 0.25) is 5.02 Å². The molecule has 2 heterocycles. The second kappa shape index (κ2) is 11.6. The first-order valence-electron chi connectivity index (χ1n) is 12.2. The first-order valence-corrected chi connectivity index (χ1v) is 12.6. The van der Waals surface area contributed by atoms with Gasteiger partial charge in [-0.25, -0.2) is 14.4 Å². The Labute approximate surface area is 224 Å². The van der Waals surface area contributed by atoms with Crippen molar-refractivity contribution in [2.75, 3.05) is 25.1 Å². The molecule has 0 bridgehead atoms. The van der Waals surface area contributed by atoms with Crippen LogP contribution in [0.5, 0.6) is 11.5 Å². The summed E-state index contributed by atoms with van der Waals surface area (Å²) in [5, 5.41) is 13.6. The molecule has 38 heavy (non-hydrogen) atoms. The number of nitrogens with zero attached hydrogens (tertiary/aromatic N) is 3. The molecular formula is C28H26ClFN4O4. The summed E-state index contributed by atoms with van der Waals surface area (Å²) in [5.41, 5.74) is 1.79. The molecule has 0 unspecified atom stereocenters. The highest BCUT2D eigenvalue weighted by molar-refractivity contribution is 6.32. The van der Waals surface area contributed by atoms with Crippen molar-refractivity contribution in [2.24, 2.45) is 0 Å². The van der Waals surface area contributed by atoms with Gasteiger partial charge in [-0.05, 0) is 49.2 Å². The number of hydrogen-bond donors (Lipinski definition) is 2. The Balaban J connectivity index is 1.33. The molecule has 0 aliphatic carbocycles. The Kier molecular flexibility index (Phi) is 7.86. The fourth-order valence-electron chi connectivity index (χ4n) is 4.51. The van der Waals surface area contributed by atoms with Gasteiger partial charge in [-0.2, -0.15) is 0 Å². The van der Waals surface area contributed by atoms with Crippen molar-refractivity contribution in [1.29, 1.82) is 0 Å². The molecule has 5 rings (SSSR count). The van der Waals surface area contributed by atoms with Gasteiger partial charge in [-0.3, -0.25) is 4.79 Å². The minimum atomic E-state index is -0.512. The van der Waals surface area contributed by atoms with Crippen LogP contribution in [0.15, 0.2) is 67.0 Å². The lowest BCUT2D eigenvalue weighted by molar-refractivity contribution is -0.135. The van der Waals surface area contributed by atoms with Gasteiger partial charge in [-0.1, -0.05) is 35.9 Å². The van der Waals surface area contributed by atoms with E-state index >= 15 is 0 Å². The SMILES string of the molecule is O=C(CO)N1CCC[C@H]1COc1cccc2ncnc(Nc3ccc(OCc4ccccc4F)c(Cl)c3)c12. The summed E-state index contributed by atoms with van der Waals surface area (Å²) in [6.45, 7) is 0.444. The number of benzene rings is 3.